The molecule has 146 valence electrons. The lowest BCUT2D eigenvalue weighted by Crippen LogP contribution is -2.41. The largest absolute Gasteiger partial charge is 0.317 e. The van der Waals surface area contributed by atoms with Gasteiger partial charge in [0.15, 0.2) is 0 Å². The molecule has 0 spiro atoms. The van der Waals surface area contributed by atoms with E-state index in [9.17, 15) is 12.8 Å². The summed E-state index contributed by atoms with van der Waals surface area (Å²) in [5.74, 6) is -0.209. The number of nitrogens with one attached hydrogen (secondary N) is 1. The second kappa shape index (κ2) is 7.41. The fourth-order valence-electron chi connectivity index (χ4n) is 4.13. The Morgan fingerprint density at radius 2 is 1.89 bits per heavy atom. The first kappa shape index (κ1) is 20.1. The Morgan fingerprint density at radius 1 is 1.19 bits per heavy atom. The maximum atomic E-state index is 14.5. The van der Waals surface area contributed by atoms with Gasteiger partial charge in [0.05, 0.1) is 5.52 Å². The van der Waals surface area contributed by atoms with Crippen molar-refractivity contribution >= 4 is 33.3 Å². The summed E-state index contributed by atoms with van der Waals surface area (Å²) in [5, 5.41) is 4.16. The topological polar surface area (TPSA) is 51.1 Å². The van der Waals surface area contributed by atoms with Gasteiger partial charge in [0.2, 0.25) is 10.0 Å². The third-order valence-electron chi connectivity index (χ3n) is 5.60. The third kappa shape index (κ3) is 3.46. The summed E-state index contributed by atoms with van der Waals surface area (Å²) in [4.78, 5) is 0. The minimum atomic E-state index is -3.81. The van der Waals surface area contributed by atoms with Crippen molar-refractivity contribution < 1.29 is 12.8 Å². The summed E-state index contributed by atoms with van der Waals surface area (Å²) in [6.45, 7) is 3.41. The molecular weight excluding hydrogens is 387 g/mol. The molecule has 0 saturated carbocycles. The van der Waals surface area contributed by atoms with E-state index in [2.05, 4.69) is 5.32 Å². The van der Waals surface area contributed by atoms with Crippen LogP contribution in [0.3, 0.4) is 0 Å². The fourth-order valence-corrected chi connectivity index (χ4v) is 5.84. The molecule has 0 bridgehead atoms. The molecule has 1 aromatic heterocycles. The van der Waals surface area contributed by atoms with Crippen LogP contribution < -0.4 is 5.32 Å². The van der Waals surface area contributed by atoms with Crippen molar-refractivity contribution in [1.82, 2.24) is 9.29 Å². The predicted molar refractivity (Wildman–Crippen MR) is 109 cm³/mol. The summed E-state index contributed by atoms with van der Waals surface area (Å²) >= 11 is 0. The molecule has 27 heavy (non-hydrogen) atoms. The summed E-state index contributed by atoms with van der Waals surface area (Å²) in [7, 11) is -3.81. The van der Waals surface area contributed by atoms with E-state index in [1.165, 1.54) is 10.0 Å². The standard InChI is InChI=1S/C20H23FN2O2S.ClH/c1-20(13-17(12-18(21)14-20)15-6-9-22-10-7-15)26(24,25)23-11-8-16-4-2-3-5-19(16)23;/h2-5,8,11-12,14-15,22H,6-7,9-10,13H2,1H3;1H. The minimum absolute atomic E-state index is 0. The van der Waals surface area contributed by atoms with Crippen LogP contribution in [0.25, 0.3) is 10.9 Å². The van der Waals surface area contributed by atoms with Crippen LogP contribution in [-0.2, 0) is 10.0 Å². The Balaban J connectivity index is 0.00000210. The number of benzene rings is 1. The van der Waals surface area contributed by atoms with Crippen molar-refractivity contribution in [1.29, 1.82) is 0 Å². The lowest BCUT2D eigenvalue weighted by Gasteiger charge is -2.34. The molecule has 4 rings (SSSR count). The Morgan fingerprint density at radius 3 is 2.63 bits per heavy atom. The van der Waals surface area contributed by atoms with E-state index in [0.717, 1.165) is 36.9 Å². The molecule has 1 atom stereocenters. The second-order valence-electron chi connectivity index (χ2n) is 7.44. The number of rotatable bonds is 3. The Labute approximate surface area is 165 Å². The minimum Gasteiger partial charge on any atom is -0.317 e. The molecule has 1 fully saturated rings. The summed E-state index contributed by atoms with van der Waals surface area (Å²) in [5.41, 5.74) is 1.54. The van der Waals surface area contributed by atoms with E-state index < -0.39 is 20.6 Å². The van der Waals surface area contributed by atoms with Gasteiger partial charge in [-0.25, -0.2) is 16.8 Å². The molecule has 0 amide bonds. The van der Waals surface area contributed by atoms with Crippen LogP contribution in [0, 0.1) is 5.92 Å². The third-order valence-corrected chi connectivity index (χ3v) is 7.87. The predicted octanol–water partition coefficient (Wildman–Crippen LogP) is 4.18. The van der Waals surface area contributed by atoms with Gasteiger partial charge in [0, 0.05) is 11.6 Å². The van der Waals surface area contributed by atoms with Gasteiger partial charge in [-0.2, -0.15) is 0 Å². The summed E-state index contributed by atoms with van der Waals surface area (Å²) in [6.07, 6.45) is 6.55. The number of nitrogens with zero attached hydrogens (tertiary/aromatic N) is 1. The van der Waals surface area contributed by atoms with E-state index in [4.69, 9.17) is 0 Å². The van der Waals surface area contributed by atoms with Crippen LogP contribution in [0.4, 0.5) is 4.39 Å². The highest BCUT2D eigenvalue weighted by Gasteiger charge is 2.43. The zero-order valence-corrected chi connectivity index (χ0v) is 16.8. The van der Waals surface area contributed by atoms with Crippen LogP contribution in [0.2, 0.25) is 0 Å². The first-order valence-electron chi connectivity index (χ1n) is 9.01. The first-order chi connectivity index (χ1) is 12.4. The smallest absolute Gasteiger partial charge is 0.248 e. The van der Waals surface area contributed by atoms with Gasteiger partial charge in [-0.15, -0.1) is 12.4 Å². The average Bonchev–Trinajstić information content (AvgIpc) is 3.06. The number of hydrogen-bond acceptors (Lipinski definition) is 3. The van der Waals surface area contributed by atoms with Crippen molar-refractivity contribution in [2.75, 3.05) is 13.1 Å². The lowest BCUT2D eigenvalue weighted by molar-refractivity contribution is 0.400. The average molecular weight is 411 g/mol. The molecule has 4 nitrogen and oxygen atoms in total. The highest BCUT2D eigenvalue weighted by Crippen LogP contribution is 2.40. The highest BCUT2D eigenvalue weighted by atomic mass is 35.5. The molecular formula is C20H24ClFN2O2S. The van der Waals surface area contributed by atoms with Crippen LogP contribution in [-0.4, -0.2) is 30.2 Å². The molecule has 1 N–H and O–H groups in total. The Kier molecular flexibility index (Phi) is 5.52. The molecule has 1 saturated heterocycles. The quantitative estimate of drug-likeness (QED) is 0.825. The second-order valence-corrected chi connectivity index (χ2v) is 9.71. The first-order valence-corrected chi connectivity index (χ1v) is 10.5. The zero-order valence-electron chi connectivity index (χ0n) is 15.2. The van der Waals surface area contributed by atoms with Crippen LogP contribution in [0.5, 0.6) is 0 Å². The number of halogens is 2. The van der Waals surface area contributed by atoms with Gasteiger partial charge >= 0.3 is 0 Å². The van der Waals surface area contributed by atoms with Crippen molar-refractivity contribution in [2.45, 2.75) is 30.9 Å². The van der Waals surface area contributed by atoms with Gasteiger partial charge in [-0.05, 0) is 69.5 Å². The van der Waals surface area contributed by atoms with Crippen molar-refractivity contribution in [3.05, 3.63) is 60.1 Å². The molecule has 7 heteroatoms. The number of fused-ring (bicyclic) bond motifs is 1. The van der Waals surface area contributed by atoms with Crippen LogP contribution in [0.1, 0.15) is 26.2 Å². The van der Waals surface area contributed by atoms with Gasteiger partial charge < -0.3 is 5.32 Å². The zero-order chi connectivity index (χ0) is 18.4. The van der Waals surface area contributed by atoms with Gasteiger partial charge in [0.1, 0.15) is 10.6 Å². The molecule has 2 heterocycles. The van der Waals surface area contributed by atoms with Crippen molar-refractivity contribution in [3.63, 3.8) is 0 Å². The van der Waals surface area contributed by atoms with Crippen molar-refractivity contribution in [2.24, 2.45) is 5.92 Å². The monoisotopic (exact) mass is 410 g/mol. The van der Waals surface area contributed by atoms with E-state index in [0.29, 0.717) is 11.9 Å². The molecule has 1 aliphatic carbocycles. The number of hydrogen-bond donors (Lipinski definition) is 1. The van der Waals surface area contributed by atoms with E-state index in [1.54, 1.807) is 31.3 Å². The van der Waals surface area contributed by atoms with E-state index in [1.807, 2.05) is 18.2 Å². The van der Waals surface area contributed by atoms with Crippen molar-refractivity contribution in [3.8, 4) is 0 Å². The fraction of sp³-hybridized carbons (Fsp3) is 0.400. The number of allylic oxidation sites excluding steroid dienone is 3. The molecule has 0 radical (unpaired) electrons. The SMILES string of the molecule is CC1(S(=O)(=O)n2ccc3ccccc32)C=C(F)C=C(C2CCNCC2)C1.Cl. The Bertz CT molecular complexity index is 1010. The highest BCUT2D eigenvalue weighted by molar-refractivity contribution is 7.91. The summed E-state index contributed by atoms with van der Waals surface area (Å²) in [6, 6.07) is 9.13. The van der Waals surface area contributed by atoms with Crippen LogP contribution >= 0.6 is 12.4 Å². The number of aromatic nitrogens is 1. The van der Waals surface area contributed by atoms with Crippen LogP contribution in [0.15, 0.2) is 60.1 Å². The Hall–Kier alpha value is -1.63. The summed E-state index contributed by atoms with van der Waals surface area (Å²) < 4.78 is 41.4. The van der Waals surface area contributed by atoms with E-state index in [-0.39, 0.29) is 18.3 Å². The molecule has 2 aliphatic rings. The van der Waals surface area contributed by atoms with Gasteiger partial charge in [-0.1, -0.05) is 23.8 Å². The van der Waals surface area contributed by atoms with Gasteiger partial charge in [-0.3, -0.25) is 0 Å². The molecule has 2 aromatic rings. The number of piperidine rings is 1. The molecule has 1 unspecified atom stereocenters. The maximum Gasteiger partial charge on any atom is 0.248 e. The molecule has 1 aromatic carbocycles. The molecule has 1 aliphatic heterocycles. The van der Waals surface area contributed by atoms with E-state index >= 15 is 0 Å². The maximum absolute atomic E-state index is 14.5. The van der Waals surface area contributed by atoms with Gasteiger partial charge in [0.25, 0.3) is 0 Å². The number of para-hydroxylation sites is 1. The normalized spacial score (nSPS) is 24.2. The lowest BCUT2D eigenvalue weighted by atomic mass is 9.82.